The molecule has 0 radical (unpaired) electrons. The Morgan fingerprint density at radius 3 is 2.67 bits per heavy atom. The average Bonchev–Trinajstić information content (AvgIpc) is 2.89. The number of hydrogen-bond acceptors (Lipinski definition) is 5. The van der Waals surface area contributed by atoms with Gasteiger partial charge in [-0.25, -0.2) is 9.59 Å². The molecule has 0 aromatic carbocycles. The van der Waals surface area contributed by atoms with Crippen LogP contribution in [0.5, 0.6) is 0 Å². The molecule has 8 nitrogen and oxygen atoms in total. The first-order valence-corrected chi connectivity index (χ1v) is 6.90. The molecule has 0 saturated carbocycles. The lowest BCUT2D eigenvalue weighted by Crippen LogP contribution is -2.66. The predicted octanol–water partition coefficient (Wildman–Crippen LogP) is -0.323. The fourth-order valence-corrected chi connectivity index (χ4v) is 2.54. The topological polar surface area (TPSA) is 97.3 Å². The molecule has 0 aromatic rings. The second kappa shape index (κ2) is 6.17. The molecule has 1 unspecified atom stereocenters. The largest absolute Gasteiger partial charge is 0.480 e. The van der Waals surface area contributed by atoms with Crippen LogP contribution in [-0.2, 0) is 19.0 Å². The zero-order valence-corrected chi connectivity index (χ0v) is 12.4. The van der Waals surface area contributed by atoms with Crippen LogP contribution in [0.4, 0.5) is 4.79 Å². The highest BCUT2D eigenvalue weighted by molar-refractivity contribution is 5.75. The van der Waals surface area contributed by atoms with Gasteiger partial charge in [-0.05, 0) is 6.92 Å². The summed E-state index contributed by atoms with van der Waals surface area (Å²) in [7, 11) is 1.61. The van der Waals surface area contributed by atoms with Crippen LogP contribution in [0.25, 0.3) is 0 Å². The van der Waals surface area contributed by atoms with E-state index in [-0.39, 0.29) is 12.6 Å². The van der Waals surface area contributed by atoms with Gasteiger partial charge in [-0.1, -0.05) is 0 Å². The van der Waals surface area contributed by atoms with E-state index in [9.17, 15) is 9.59 Å². The molecule has 2 N–H and O–H groups in total. The standard InChI is InChI=1S/C13H22N2O6/c1-12(21-5-10(16)17)7-15(8-12)11(18)14-6-13(19-2)3-4-20-9-13/h3-9H2,1-2H3,(H,14,18)(H,16,17). The summed E-state index contributed by atoms with van der Waals surface area (Å²) in [6.07, 6.45) is 0.753. The second-order valence-corrected chi connectivity index (χ2v) is 5.84. The highest BCUT2D eigenvalue weighted by atomic mass is 16.6. The van der Waals surface area contributed by atoms with Crippen molar-refractivity contribution in [1.29, 1.82) is 0 Å². The molecular weight excluding hydrogens is 280 g/mol. The van der Waals surface area contributed by atoms with Gasteiger partial charge in [0.1, 0.15) is 17.8 Å². The average molecular weight is 302 g/mol. The molecule has 2 saturated heterocycles. The summed E-state index contributed by atoms with van der Waals surface area (Å²) in [4.78, 5) is 24.1. The van der Waals surface area contributed by atoms with E-state index in [4.69, 9.17) is 19.3 Å². The number of carbonyl (C=O) groups is 2. The van der Waals surface area contributed by atoms with E-state index in [1.54, 1.807) is 18.9 Å². The van der Waals surface area contributed by atoms with Gasteiger partial charge in [0.25, 0.3) is 0 Å². The molecule has 0 bridgehead atoms. The number of rotatable bonds is 6. The van der Waals surface area contributed by atoms with Crippen molar-refractivity contribution >= 4 is 12.0 Å². The first-order valence-electron chi connectivity index (χ1n) is 6.90. The lowest BCUT2D eigenvalue weighted by molar-refractivity contribution is -0.159. The number of methoxy groups -OCH3 is 1. The third kappa shape index (κ3) is 3.84. The van der Waals surface area contributed by atoms with Crippen molar-refractivity contribution in [2.75, 3.05) is 46.6 Å². The lowest BCUT2D eigenvalue weighted by atomic mass is 9.97. The normalized spacial score (nSPS) is 27.2. The molecule has 1 atom stereocenters. The first kappa shape index (κ1) is 16.0. The minimum absolute atomic E-state index is 0.199. The summed E-state index contributed by atoms with van der Waals surface area (Å²) in [5.74, 6) is -1.01. The molecule has 21 heavy (non-hydrogen) atoms. The summed E-state index contributed by atoms with van der Waals surface area (Å²) < 4.78 is 16.0. The molecule has 0 spiro atoms. The minimum atomic E-state index is -1.01. The van der Waals surface area contributed by atoms with Crippen molar-refractivity contribution < 1.29 is 28.9 Å². The maximum absolute atomic E-state index is 12.0. The van der Waals surface area contributed by atoms with E-state index < -0.39 is 17.2 Å². The van der Waals surface area contributed by atoms with Crippen molar-refractivity contribution in [2.45, 2.75) is 24.5 Å². The summed E-state index contributed by atoms with van der Waals surface area (Å²) in [5, 5.41) is 11.4. The van der Waals surface area contributed by atoms with Gasteiger partial charge in [0.15, 0.2) is 0 Å². The van der Waals surface area contributed by atoms with Crippen LogP contribution in [-0.4, -0.2) is 79.8 Å². The van der Waals surface area contributed by atoms with E-state index >= 15 is 0 Å². The van der Waals surface area contributed by atoms with E-state index in [0.717, 1.165) is 6.42 Å². The zero-order chi connectivity index (χ0) is 15.5. The Hall–Kier alpha value is -1.38. The van der Waals surface area contributed by atoms with Crippen LogP contribution in [0.2, 0.25) is 0 Å². The van der Waals surface area contributed by atoms with E-state index in [1.165, 1.54) is 0 Å². The highest BCUT2D eigenvalue weighted by Gasteiger charge is 2.43. The quantitative estimate of drug-likeness (QED) is 0.698. The molecule has 2 aliphatic rings. The van der Waals surface area contributed by atoms with E-state index in [2.05, 4.69) is 5.32 Å². The van der Waals surface area contributed by atoms with Crippen molar-refractivity contribution in [2.24, 2.45) is 0 Å². The lowest BCUT2D eigenvalue weighted by Gasteiger charge is -2.47. The number of hydrogen-bond donors (Lipinski definition) is 2. The molecule has 2 fully saturated rings. The Kier molecular flexibility index (Phi) is 4.70. The van der Waals surface area contributed by atoms with Gasteiger partial charge in [0.2, 0.25) is 0 Å². The van der Waals surface area contributed by atoms with Gasteiger partial charge in [0.05, 0.1) is 26.2 Å². The molecular formula is C13H22N2O6. The van der Waals surface area contributed by atoms with Crippen LogP contribution in [0, 0.1) is 0 Å². The Labute approximate surface area is 123 Å². The van der Waals surface area contributed by atoms with Crippen LogP contribution < -0.4 is 5.32 Å². The summed E-state index contributed by atoms with van der Waals surface area (Å²) in [6, 6.07) is -0.199. The number of aliphatic carboxylic acids is 1. The van der Waals surface area contributed by atoms with Crippen LogP contribution in [0.1, 0.15) is 13.3 Å². The monoisotopic (exact) mass is 302 g/mol. The Bertz CT molecular complexity index is 401. The highest BCUT2D eigenvalue weighted by Crippen LogP contribution is 2.25. The van der Waals surface area contributed by atoms with Gasteiger partial charge < -0.3 is 29.5 Å². The predicted molar refractivity (Wildman–Crippen MR) is 72.1 cm³/mol. The van der Waals surface area contributed by atoms with Crippen molar-refractivity contribution in [3.63, 3.8) is 0 Å². The van der Waals surface area contributed by atoms with Gasteiger partial charge in [-0.2, -0.15) is 0 Å². The smallest absolute Gasteiger partial charge is 0.329 e. The maximum atomic E-state index is 12.0. The molecule has 0 aromatic heterocycles. The minimum Gasteiger partial charge on any atom is -0.480 e. The summed E-state index contributed by atoms with van der Waals surface area (Å²) in [5.41, 5.74) is -1.02. The number of nitrogens with one attached hydrogen (secondary N) is 1. The number of amides is 2. The van der Waals surface area contributed by atoms with E-state index in [1.807, 2.05) is 0 Å². The SMILES string of the molecule is COC1(CNC(=O)N2CC(C)(OCC(=O)O)C2)CCOC1. The number of carboxylic acids is 1. The number of likely N-dealkylation sites (tertiary alicyclic amines) is 1. The van der Waals surface area contributed by atoms with Crippen molar-refractivity contribution in [3.8, 4) is 0 Å². The Morgan fingerprint density at radius 2 is 2.14 bits per heavy atom. The number of ether oxygens (including phenoxy) is 3. The van der Waals surface area contributed by atoms with Crippen LogP contribution in [0.3, 0.4) is 0 Å². The number of urea groups is 1. The summed E-state index contributed by atoms with van der Waals surface area (Å²) in [6.45, 7) is 3.70. The molecule has 2 amide bonds. The van der Waals surface area contributed by atoms with Crippen LogP contribution in [0.15, 0.2) is 0 Å². The van der Waals surface area contributed by atoms with Crippen LogP contribution >= 0.6 is 0 Å². The summed E-state index contributed by atoms with van der Waals surface area (Å²) >= 11 is 0. The molecule has 2 aliphatic heterocycles. The van der Waals surface area contributed by atoms with Crippen molar-refractivity contribution in [3.05, 3.63) is 0 Å². The Morgan fingerprint density at radius 1 is 1.43 bits per heavy atom. The molecule has 2 rings (SSSR count). The molecule has 8 heteroatoms. The second-order valence-electron chi connectivity index (χ2n) is 5.84. The van der Waals surface area contributed by atoms with Gasteiger partial charge in [-0.3, -0.25) is 0 Å². The number of carboxylic acid groups (broad SMARTS) is 1. The number of carbonyl (C=O) groups excluding carboxylic acids is 1. The zero-order valence-electron chi connectivity index (χ0n) is 12.4. The van der Waals surface area contributed by atoms with Crippen molar-refractivity contribution in [1.82, 2.24) is 10.2 Å². The Balaban J connectivity index is 1.72. The van der Waals surface area contributed by atoms with Gasteiger partial charge >= 0.3 is 12.0 Å². The maximum Gasteiger partial charge on any atom is 0.329 e. The fourth-order valence-electron chi connectivity index (χ4n) is 2.54. The molecule has 120 valence electrons. The van der Waals surface area contributed by atoms with Gasteiger partial charge in [0, 0.05) is 20.1 Å². The third-order valence-electron chi connectivity index (χ3n) is 3.94. The molecule has 2 heterocycles. The molecule has 0 aliphatic carbocycles. The fraction of sp³-hybridized carbons (Fsp3) is 0.846. The first-order chi connectivity index (χ1) is 9.88. The van der Waals surface area contributed by atoms with Gasteiger partial charge in [-0.15, -0.1) is 0 Å². The number of nitrogens with zero attached hydrogens (tertiary/aromatic N) is 1. The third-order valence-corrected chi connectivity index (χ3v) is 3.94. The van der Waals surface area contributed by atoms with E-state index in [0.29, 0.717) is 32.8 Å².